The molecule has 4 N–H and O–H groups in total. The zero-order valence-corrected chi connectivity index (χ0v) is 21.1. The highest BCUT2D eigenvalue weighted by molar-refractivity contribution is 9.10. The summed E-state index contributed by atoms with van der Waals surface area (Å²) in [4.78, 5) is 27.8. The molecule has 0 aromatic heterocycles. The second-order valence-electron chi connectivity index (χ2n) is 8.05. The number of carbonyl (C=O) groups is 2. The average Bonchev–Trinajstić information content (AvgIpc) is 2.95. The van der Waals surface area contributed by atoms with Crippen molar-refractivity contribution in [2.24, 2.45) is 5.73 Å². The zero-order valence-electron chi connectivity index (χ0n) is 18.7. The molecule has 3 aromatic rings. The fourth-order valence-corrected chi connectivity index (χ4v) is 4.61. The minimum Gasteiger partial charge on any atom is -0.496 e. The molecule has 34 heavy (non-hydrogen) atoms. The number of anilines is 1. The standard InChI is InChI=1S/C25H26BrN3O4.ClH/c1-33-23-11-7-16-12-17(26)8-9-18(16)19(23)13-29-22-5-3-2-4-15(22)6-10-21(25(29)32)28-24(31)20(27)14-30;/h2-5,7-9,11-12,20-21,30H,6,10,13-14,27H2,1H3,(H,28,31);1H/t20-,21-;/m0./s1. The van der Waals surface area contributed by atoms with Crippen molar-refractivity contribution in [1.82, 2.24) is 5.32 Å². The van der Waals surface area contributed by atoms with Crippen LogP contribution in [0.3, 0.4) is 0 Å². The number of hydrogen-bond acceptors (Lipinski definition) is 5. The van der Waals surface area contributed by atoms with Crippen molar-refractivity contribution in [2.75, 3.05) is 18.6 Å². The molecule has 9 heteroatoms. The number of para-hydroxylation sites is 1. The molecule has 0 radical (unpaired) electrons. The Hall–Kier alpha value is -2.65. The van der Waals surface area contributed by atoms with Crippen molar-refractivity contribution in [1.29, 1.82) is 0 Å². The third-order valence-corrected chi connectivity index (χ3v) is 6.48. The third kappa shape index (κ3) is 5.20. The summed E-state index contributed by atoms with van der Waals surface area (Å²) in [5, 5.41) is 14.0. The van der Waals surface area contributed by atoms with Crippen LogP contribution < -0.4 is 20.7 Å². The highest BCUT2D eigenvalue weighted by Gasteiger charge is 2.33. The molecule has 2 atom stereocenters. The molecule has 0 unspecified atom stereocenters. The quantitative estimate of drug-likeness (QED) is 0.438. The van der Waals surface area contributed by atoms with E-state index in [1.807, 2.05) is 54.6 Å². The first-order chi connectivity index (χ1) is 15.9. The van der Waals surface area contributed by atoms with Crippen molar-refractivity contribution >= 4 is 56.6 Å². The van der Waals surface area contributed by atoms with Gasteiger partial charge in [0.05, 0.1) is 20.3 Å². The van der Waals surface area contributed by atoms with Gasteiger partial charge in [-0.15, -0.1) is 12.4 Å². The highest BCUT2D eigenvalue weighted by atomic mass is 79.9. The molecule has 0 spiro atoms. The lowest BCUT2D eigenvalue weighted by molar-refractivity contribution is -0.129. The third-order valence-electron chi connectivity index (χ3n) is 5.99. The monoisotopic (exact) mass is 547 g/mol. The molecule has 0 bridgehead atoms. The molecule has 0 saturated heterocycles. The summed E-state index contributed by atoms with van der Waals surface area (Å²) < 4.78 is 6.62. The van der Waals surface area contributed by atoms with Gasteiger partial charge in [0.15, 0.2) is 0 Å². The lowest BCUT2D eigenvalue weighted by Gasteiger charge is -2.28. The van der Waals surface area contributed by atoms with E-state index in [0.29, 0.717) is 18.6 Å². The Morgan fingerprint density at radius 1 is 1.26 bits per heavy atom. The molecule has 1 heterocycles. The number of amides is 2. The molecule has 7 nitrogen and oxygen atoms in total. The number of halogens is 2. The van der Waals surface area contributed by atoms with E-state index in [-0.39, 0.29) is 24.9 Å². The number of fused-ring (bicyclic) bond motifs is 2. The zero-order chi connectivity index (χ0) is 23.5. The second kappa shape index (κ2) is 11.2. The molecular formula is C25H27BrClN3O4. The summed E-state index contributed by atoms with van der Waals surface area (Å²) in [7, 11) is 1.61. The first-order valence-electron chi connectivity index (χ1n) is 10.7. The number of nitrogens with zero attached hydrogens (tertiary/aromatic N) is 1. The lowest BCUT2D eigenvalue weighted by Crippen LogP contribution is -2.53. The Balaban J connectivity index is 0.00000324. The lowest BCUT2D eigenvalue weighted by atomic mass is 10.0. The normalized spacial score (nSPS) is 16.3. The Bertz CT molecular complexity index is 1210. The van der Waals surface area contributed by atoms with Crippen LogP contribution in [0, 0.1) is 0 Å². The maximum absolute atomic E-state index is 13.7. The molecule has 1 aliphatic rings. The van der Waals surface area contributed by atoms with Gasteiger partial charge in [0.1, 0.15) is 17.8 Å². The van der Waals surface area contributed by atoms with Gasteiger partial charge in [-0.1, -0.05) is 46.3 Å². The van der Waals surface area contributed by atoms with Crippen LogP contribution in [0.1, 0.15) is 17.5 Å². The van der Waals surface area contributed by atoms with Gasteiger partial charge < -0.3 is 25.8 Å². The summed E-state index contributed by atoms with van der Waals surface area (Å²) >= 11 is 3.52. The molecule has 0 fully saturated rings. The SMILES string of the molecule is COc1ccc2cc(Br)ccc2c1CN1C(=O)[C@@H](NC(=O)[C@@H](N)CO)CCc2ccccc21.Cl. The van der Waals surface area contributed by atoms with Gasteiger partial charge in [-0.3, -0.25) is 9.59 Å². The first kappa shape index (κ1) is 26.0. The Labute approximate surface area is 212 Å². The molecule has 180 valence electrons. The summed E-state index contributed by atoms with van der Waals surface area (Å²) in [5.41, 5.74) is 8.38. The molecule has 1 aliphatic heterocycles. The van der Waals surface area contributed by atoms with Gasteiger partial charge >= 0.3 is 0 Å². The van der Waals surface area contributed by atoms with E-state index in [1.54, 1.807) is 12.0 Å². The van der Waals surface area contributed by atoms with E-state index in [1.165, 1.54) is 0 Å². The van der Waals surface area contributed by atoms with Crippen molar-refractivity contribution < 1.29 is 19.4 Å². The number of methoxy groups -OCH3 is 1. The van der Waals surface area contributed by atoms with Crippen LogP contribution in [0.15, 0.2) is 59.1 Å². The summed E-state index contributed by atoms with van der Waals surface area (Å²) in [6.07, 6.45) is 1.06. The number of ether oxygens (including phenoxy) is 1. The number of aliphatic hydroxyl groups excluding tert-OH is 1. The van der Waals surface area contributed by atoms with Gasteiger partial charge in [0.2, 0.25) is 11.8 Å². The van der Waals surface area contributed by atoms with Gasteiger partial charge in [0.25, 0.3) is 0 Å². The number of aryl methyl sites for hydroxylation is 1. The molecule has 0 saturated carbocycles. The molecule has 0 aliphatic carbocycles. The Morgan fingerprint density at radius 3 is 2.76 bits per heavy atom. The topological polar surface area (TPSA) is 105 Å². The Morgan fingerprint density at radius 2 is 2.03 bits per heavy atom. The van der Waals surface area contributed by atoms with Crippen molar-refractivity contribution in [3.63, 3.8) is 0 Å². The number of nitrogens with two attached hydrogens (primary N) is 1. The largest absolute Gasteiger partial charge is 0.496 e. The minimum atomic E-state index is -1.08. The fourth-order valence-electron chi connectivity index (χ4n) is 4.23. The Kier molecular flexibility index (Phi) is 8.54. The summed E-state index contributed by atoms with van der Waals surface area (Å²) in [6.45, 7) is -0.212. The predicted molar refractivity (Wildman–Crippen MR) is 138 cm³/mol. The van der Waals surface area contributed by atoms with Gasteiger partial charge in [-0.05, 0) is 53.4 Å². The number of rotatable bonds is 6. The molecule has 2 amide bonds. The number of benzene rings is 3. The van der Waals surface area contributed by atoms with Crippen LogP contribution in [-0.2, 0) is 22.6 Å². The first-order valence-corrected chi connectivity index (χ1v) is 11.5. The van der Waals surface area contributed by atoms with Crippen LogP contribution in [0.2, 0.25) is 0 Å². The average molecular weight is 549 g/mol. The molecular weight excluding hydrogens is 522 g/mol. The van der Waals surface area contributed by atoms with E-state index in [9.17, 15) is 14.7 Å². The number of nitrogens with one attached hydrogen (secondary N) is 1. The minimum absolute atomic E-state index is 0. The van der Waals surface area contributed by atoms with Gasteiger partial charge in [0, 0.05) is 15.7 Å². The van der Waals surface area contributed by atoms with Crippen LogP contribution in [0.4, 0.5) is 5.69 Å². The number of aliphatic hydroxyl groups is 1. The van der Waals surface area contributed by atoms with E-state index in [4.69, 9.17) is 10.5 Å². The second-order valence-corrected chi connectivity index (χ2v) is 8.97. The molecule has 3 aromatic carbocycles. The van der Waals surface area contributed by atoms with E-state index in [2.05, 4.69) is 21.2 Å². The maximum Gasteiger partial charge on any atom is 0.249 e. The summed E-state index contributed by atoms with van der Waals surface area (Å²) in [6, 6.07) is 15.8. The van der Waals surface area contributed by atoms with Crippen LogP contribution in [0.25, 0.3) is 10.8 Å². The van der Waals surface area contributed by atoms with E-state index >= 15 is 0 Å². The van der Waals surface area contributed by atoms with Crippen LogP contribution >= 0.6 is 28.3 Å². The van der Waals surface area contributed by atoms with Crippen molar-refractivity contribution in [2.45, 2.75) is 31.5 Å². The van der Waals surface area contributed by atoms with E-state index in [0.717, 1.165) is 32.1 Å². The van der Waals surface area contributed by atoms with Gasteiger partial charge in [-0.2, -0.15) is 0 Å². The van der Waals surface area contributed by atoms with Crippen molar-refractivity contribution in [3.05, 3.63) is 70.2 Å². The summed E-state index contributed by atoms with van der Waals surface area (Å²) in [5.74, 6) is -0.0915. The predicted octanol–water partition coefficient (Wildman–Crippen LogP) is 3.32. The maximum atomic E-state index is 13.7. The smallest absolute Gasteiger partial charge is 0.249 e. The number of hydrogen-bond donors (Lipinski definition) is 3. The van der Waals surface area contributed by atoms with Crippen molar-refractivity contribution in [3.8, 4) is 5.75 Å². The molecule has 4 rings (SSSR count). The van der Waals surface area contributed by atoms with Gasteiger partial charge in [-0.25, -0.2) is 0 Å². The fraction of sp³-hybridized carbons (Fsp3) is 0.280. The van der Waals surface area contributed by atoms with Crippen LogP contribution in [-0.4, -0.2) is 42.7 Å². The van der Waals surface area contributed by atoms with Crippen LogP contribution in [0.5, 0.6) is 5.75 Å². The number of carbonyl (C=O) groups excluding carboxylic acids is 2. The van der Waals surface area contributed by atoms with E-state index < -0.39 is 24.6 Å². The highest BCUT2D eigenvalue weighted by Crippen LogP contribution is 2.34.